The molecule has 19 heavy (non-hydrogen) atoms. The molecular weight excluding hydrogens is 294 g/mol. The molecule has 0 aliphatic heterocycles. The molecule has 0 aliphatic carbocycles. The normalized spacial score (nSPS) is 11.7. The summed E-state index contributed by atoms with van der Waals surface area (Å²) in [6.45, 7) is 1.61. The standard InChI is InChI=1S/C10H10ClN3O4S/c1-6-3-12-9(18-6)5-14-19(16,17)7-2-8(11)10(15)13-4-7/h2-4,14H,5H2,1H3,(H,13,15). The lowest BCUT2D eigenvalue weighted by molar-refractivity contribution is 0.463. The Labute approximate surface area is 113 Å². The molecule has 2 aromatic rings. The molecule has 0 aromatic carbocycles. The van der Waals surface area contributed by atoms with E-state index in [1.54, 1.807) is 6.92 Å². The van der Waals surface area contributed by atoms with Crippen LogP contribution in [0.5, 0.6) is 0 Å². The fourth-order valence-corrected chi connectivity index (χ4v) is 2.52. The van der Waals surface area contributed by atoms with Crippen LogP contribution < -0.4 is 10.3 Å². The zero-order valence-electron chi connectivity index (χ0n) is 9.81. The summed E-state index contributed by atoms with van der Waals surface area (Å²) in [6.07, 6.45) is 2.55. The molecule has 2 heterocycles. The molecule has 2 aromatic heterocycles. The summed E-state index contributed by atoms with van der Waals surface area (Å²) in [5.41, 5.74) is -0.552. The van der Waals surface area contributed by atoms with Gasteiger partial charge in [0.15, 0.2) is 0 Å². The van der Waals surface area contributed by atoms with Crippen molar-refractivity contribution in [3.63, 3.8) is 0 Å². The van der Waals surface area contributed by atoms with E-state index in [0.717, 1.165) is 12.3 Å². The first-order chi connectivity index (χ1) is 8.88. The summed E-state index contributed by atoms with van der Waals surface area (Å²) < 4.78 is 31.3. The number of aryl methyl sites for hydroxylation is 1. The molecule has 0 radical (unpaired) electrons. The smallest absolute Gasteiger partial charge is 0.266 e. The summed E-state index contributed by atoms with van der Waals surface area (Å²) in [7, 11) is -3.79. The van der Waals surface area contributed by atoms with E-state index in [4.69, 9.17) is 16.0 Å². The van der Waals surface area contributed by atoms with Crippen molar-refractivity contribution < 1.29 is 12.8 Å². The minimum absolute atomic E-state index is 0.0904. The fourth-order valence-electron chi connectivity index (χ4n) is 1.32. The van der Waals surface area contributed by atoms with Crippen LogP contribution in [0.1, 0.15) is 11.7 Å². The number of aromatic nitrogens is 2. The van der Waals surface area contributed by atoms with Gasteiger partial charge in [-0.05, 0) is 13.0 Å². The van der Waals surface area contributed by atoms with Crippen molar-refractivity contribution in [3.05, 3.63) is 45.5 Å². The van der Waals surface area contributed by atoms with E-state index in [1.165, 1.54) is 6.20 Å². The highest BCUT2D eigenvalue weighted by molar-refractivity contribution is 7.89. The Hall–Kier alpha value is -1.64. The Kier molecular flexibility index (Phi) is 3.74. The molecule has 0 spiro atoms. The summed E-state index contributed by atoms with van der Waals surface area (Å²) >= 11 is 5.57. The third-order valence-electron chi connectivity index (χ3n) is 2.22. The second kappa shape index (κ2) is 5.16. The number of oxazole rings is 1. The molecule has 0 aliphatic rings. The summed E-state index contributed by atoms with van der Waals surface area (Å²) in [5.74, 6) is 0.831. The van der Waals surface area contributed by atoms with Gasteiger partial charge in [0.05, 0.1) is 17.6 Å². The second-order valence-corrected chi connectivity index (χ2v) is 5.88. The largest absolute Gasteiger partial charge is 0.445 e. The van der Waals surface area contributed by atoms with Gasteiger partial charge in [-0.15, -0.1) is 0 Å². The van der Waals surface area contributed by atoms with E-state index in [0.29, 0.717) is 5.76 Å². The molecule has 0 saturated heterocycles. The molecule has 2 rings (SSSR count). The van der Waals surface area contributed by atoms with Gasteiger partial charge in [0.1, 0.15) is 10.8 Å². The third-order valence-corrected chi connectivity index (χ3v) is 3.89. The summed E-state index contributed by atoms with van der Waals surface area (Å²) in [4.78, 5) is 17.0. The predicted octanol–water partition coefficient (Wildman–Crippen LogP) is 0.803. The van der Waals surface area contributed by atoms with Crippen molar-refractivity contribution in [3.8, 4) is 0 Å². The fraction of sp³-hybridized carbons (Fsp3) is 0.200. The Morgan fingerprint density at radius 3 is 2.84 bits per heavy atom. The number of aromatic amines is 1. The van der Waals surface area contributed by atoms with Gasteiger partial charge in [0.25, 0.3) is 5.56 Å². The van der Waals surface area contributed by atoms with Gasteiger partial charge >= 0.3 is 0 Å². The molecule has 0 saturated carbocycles. The highest BCUT2D eigenvalue weighted by atomic mass is 35.5. The molecule has 7 nitrogen and oxygen atoms in total. The van der Waals surface area contributed by atoms with E-state index >= 15 is 0 Å². The zero-order chi connectivity index (χ0) is 14.0. The maximum Gasteiger partial charge on any atom is 0.266 e. The lowest BCUT2D eigenvalue weighted by Crippen LogP contribution is -2.24. The average molecular weight is 304 g/mol. The lowest BCUT2D eigenvalue weighted by Gasteiger charge is -2.04. The molecule has 0 unspecified atom stereocenters. The van der Waals surface area contributed by atoms with Gasteiger partial charge in [-0.3, -0.25) is 4.79 Å². The Balaban J connectivity index is 2.18. The number of pyridine rings is 1. The van der Waals surface area contributed by atoms with Crippen molar-refractivity contribution in [2.75, 3.05) is 0 Å². The van der Waals surface area contributed by atoms with E-state index in [9.17, 15) is 13.2 Å². The van der Waals surface area contributed by atoms with Gasteiger partial charge in [0, 0.05) is 6.20 Å². The number of rotatable bonds is 4. The number of H-pyrrole nitrogens is 1. The van der Waals surface area contributed by atoms with Crippen LogP contribution in [-0.2, 0) is 16.6 Å². The minimum Gasteiger partial charge on any atom is -0.445 e. The number of hydrogen-bond acceptors (Lipinski definition) is 5. The maximum absolute atomic E-state index is 11.9. The monoisotopic (exact) mass is 303 g/mol. The average Bonchev–Trinajstić information content (AvgIpc) is 2.76. The molecule has 0 atom stereocenters. The Bertz CT molecular complexity index is 750. The van der Waals surface area contributed by atoms with Crippen LogP contribution in [0.3, 0.4) is 0 Å². The first-order valence-corrected chi connectivity index (χ1v) is 7.04. The quantitative estimate of drug-likeness (QED) is 0.869. The van der Waals surface area contributed by atoms with Gasteiger partial charge in [-0.1, -0.05) is 11.6 Å². The summed E-state index contributed by atoms with van der Waals surface area (Å²) in [5, 5.41) is -0.199. The van der Waals surface area contributed by atoms with Gasteiger partial charge < -0.3 is 9.40 Å². The van der Waals surface area contributed by atoms with E-state index in [2.05, 4.69) is 14.7 Å². The van der Waals surface area contributed by atoms with Crippen LogP contribution in [0.25, 0.3) is 0 Å². The van der Waals surface area contributed by atoms with Crippen LogP contribution in [0.4, 0.5) is 0 Å². The third kappa shape index (κ3) is 3.22. The molecular formula is C10H10ClN3O4S. The molecule has 0 amide bonds. The first-order valence-electron chi connectivity index (χ1n) is 5.18. The van der Waals surface area contributed by atoms with Crippen molar-refractivity contribution in [2.45, 2.75) is 18.4 Å². The Morgan fingerprint density at radius 1 is 1.53 bits per heavy atom. The highest BCUT2D eigenvalue weighted by Crippen LogP contribution is 2.11. The van der Waals surface area contributed by atoms with Gasteiger partial charge in [0.2, 0.25) is 15.9 Å². The Morgan fingerprint density at radius 2 is 2.26 bits per heavy atom. The summed E-state index contributed by atoms with van der Waals surface area (Å²) in [6, 6.07) is 1.07. The number of sulfonamides is 1. The number of nitrogens with zero attached hydrogens (tertiary/aromatic N) is 1. The molecule has 102 valence electrons. The van der Waals surface area contributed by atoms with Crippen LogP contribution in [0.15, 0.2) is 32.6 Å². The van der Waals surface area contributed by atoms with Crippen LogP contribution in [0.2, 0.25) is 5.02 Å². The number of hydrogen-bond donors (Lipinski definition) is 2. The number of halogens is 1. The topological polar surface area (TPSA) is 105 Å². The molecule has 9 heteroatoms. The first kappa shape index (κ1) is 13.8. The van der Waals surface area contributed by atoms with E-state index in [1.807, 2.05) is 0 Å². The lowest BCUT2D eigenvalue weighted by atomic mass is 10.5. The van der Waals surface area contributed by atoms with Gasteiger partial charge in [-0.2, -0.15) is 0 Å². The second-order valence-electron chi connectivity index (χ2n) is 3.70. The molecule has 0 bridgehead atoms. The number of nitrogens with one attached hydrogen (secondary N) is 2. The van der Waals surface area contributed by atoms with Crippen molar-refractivity contribution in [1.29, 1.82) is 0 Å². The van der Waals surface area contributed by atoms with Crippen LogP contribution >= 0.6 is 11.6 Å². The van der Waals surface area contributed by atoms with E-state index < -0.39 is 15.6 Å². The molecule has 2 N–H and O–H groups in total. The van der Waals surface area contributed by atoms with E-state index in [-0.39, 0.29) is 22.4 Å². The van der Waals surface area contributed by atoms with Crippen molar-refractivity contribution >= 4 is 21.6 Å². The van der Waals surface area contributed by atoms with Crippen molar-refractivity contribution in [1.82, 2.24) is 14.7 Å². The SMILES string of the molecule is Cc1cnc(CNS(=O)(=O)c2c[nH]c(=O)c(Cl)c2)o1. The minimum atomic E-state index is -3.79. The van der Waals surface area contributed by atoms with Gasteiger partial charge in [-0.25, -0.2) is 18.1 Å². The van der Waals surface area contributed by atoms with Crippen molar-refractivity contribution in [2.24, 2.45) is 0 Å². The zero-order valence-corrected chi connectivity index (χ0v) is 11.4. The highest BCUT2D eigenvalue weighted by Gasteiger charge is 2.16. The predicted molar refractivity (Wildman–Crippen MR) is 67.3 cm³/mol. The van der Waals surface area contributed by atoms with Crippen LogP contribution in [0, 0.1) is 6.92 Å². The maximum atomic E-state index is 11.9. The van der Waals surface area contributed by atoms with Crippen LogP contribution in [-0.4, -0.2) is 18.4 Å². The molecule has 0 fully saturated rings.